The van der Waals surface area contributed by atoms with E-state index >= 15 is 0 Å². The molecule has 2 N–H and O–H groups in total. The number of nitrogens with one attached hydrogen (secondary N) is 2. The minimum absolute atomic E-state index is 0.125. The molecule has 0 aliphatic rings. The highest BCUT2D eigenvalue weighted by molar-refractivity contribution is 7.99. The Morgan fingerprint density at radius 3 is 2.34 bits per heavy atom. The maximum absolute atomic E-state index is 13.6. The first-order valence-electron chi connectivity index (χ1n) is 9.24. The van der Waals surface area contributed by atoms with Crippen molar-refractivity contribution in [3.05, 3.63) is 59.2 Å². The Kier molecular flexibility index (Phi) is 6.72. The number of thioether (sulfide) groups is 1. The highest BCUT2D eigenvalue weighted by Gasteiger charge is 2.31. The van der Waals surface area contributed by atoms with Gasteiger partial charge in [0.15, 0.2) is 5.16 Å². The van der Waals surface area contributed by atoms with Crippen molar-refractivity contribution in [2.75, 3.05) is 5.75 Å². The molecule has 1 heterocycles. The third-order valence-electron chi connectivity index (χ3n) is 4.34. The van der Waals surface area contributed by atoms with E-state index in [1.165, 1.54) is 6.07 Å². The zero-order valence-electron chi connectivity index (χ0n) is 16.8. The Hall–Kier alpha value is -3.15. The highest BCUT2D eigenvalue weighted by atomic mass is 32.2. The van der Waals surface area contributed by atoms with Crippen LogP contribution in [0.2, 0.25) is 0 Å². The Bertz CT molecular complexity index is 1160. The number of hydrogen-bond acceptors (Lipinski definition) is 4. The summed E-state index contributed by atoms with van der Waals surface area (Å²) in [5.74, 6) is -4.32. The predicted octanol–water partition coefficient (Wildman–Crippen LogP) is 4.47. The van der Waals surface area contributed by atoms with Gasteiger partial charge in [-0.15, -0.1) is 0 Å². The van der Waals surface area contributed by atoms with E-state index < -0.39 is 40.8 Å². The van der Waals surface area contributed by atoms with Crippen molar-refractivity contribution in [2.45, 2.75) is 31.2 Å². The van der Waals surface area contributed by atoms with Crippen LogP contribution in [0.15, 0.2) is 41.6 Å². The highest BCUT2D eigenvalue weighted by Crippen LogP contribution is 2.34. The van der Waals surface area contributed by atoms with E-state index in [0.29, 0.717) is 10.7 Å². The lowest BCUT2D eigenvalue weighted by Gasteiger charge is -2.13. The lowest BCUT2D eigenvalue weighted by molar-refractivity contribution is -0.137. The van der Waals surface area contributed by atoms with Crippen LogP contribution in [0.25, 0.3) is 11.0 Å². The molecule has 12 heteroatoms. The minimum atomic E-state index is -4.51. The second-order valence-corrected chi connectivity index (χ2v) is 7.89. The van der Waals surface area contributed by atoms with Crippen LogP contribution < -0.4 is 10.9 Å². The number of rotatable bonds is 5. The molecule has 0 unspecified atom stereocenters. The van der Waals surface area contributed by atoms with Crippen LogP contribution in [0.5, 0.6) is 0 Å². The molecule has 0 radical (unpaired) electrons. The summed E-state index contributed by atoms with van der Waals surface area (Å²) >= 11 is 0.935. The Labute approximate surface area is 183 Å². The molecular weight excluding hydrogens is 455 g/mol. The standard InChI is InChI=1S/C20H17F5N4O2S/c1-10(2)29-15-7-6-11(20(23,24)25)8-14(15)26-19(29)32-9-16(30)27-28-18(31)17-12(21)4-3-5-13(17)22/h3-8,10H,9H2,1-2H3,(H,27,30)(H,28,31). The molecule has 2 aromatic carbocycles. The van der Waals surface area contributed by atoms with Gasteiger partial charge in [0.05, 0.1) is 22.3 Å². The van der Waals surface area contributed by atoms with Gasteiger partial charge in [-0.05, 0) is 44.2 Å². The molecule has 0 saturated heterocycles. The van der Waals surface area contributed by atoms with Crippen molar-refractivity contribution in [2.24, 2.45) is 0 Å². The maximum Gasteiger partial charge on any atom is 0.416 e. The van der Waals surface area contributed by atoms with Gasteiger partial charge in [0, 0.05) is 6.04 Å². The van der Waals surface area contributed by atoms with Gasteiger partial charge in [0.2, 0.25) is 5.91 Å². The summed E-state index contributed by atoms with van der Waals surface area (Å²) < 4.78 is 67.9. The number of carbonyl (C=O) groups excluding carboxylic acids is 2. The van der Waals surface area contributed by atoms with Gasteiger partial charge in [-0.25, -0.2) is 13.8 Å². The number of fused-ring (bicyclic) bond motifs is 1. The predicted molar refractivity (Wildman–Crippen MR) is 108 cm³/mol. The quantitative estimate of drug-likeness (QED) is 0.327. The molecule has 2 amide bonds. The number of hydrogen-bond donors (Lipinski definition) is 2. The van der Waals surface area contributed by atoms with E-state index in [1.807, 2.05) is 24.7 Å². The van der Waals surface area contributed by atoms with Crippen molar-refractivity contribution in [1.82, 2.24) is 20.4 Å². The average Bonchev–Trinajstić information content (AvgIpc) is 3.07. The topological polar surface area (TPSA) is 76.0 Å². The van der Waals surface area contributed by atoms with Gasteiger partial charge in [0.1, 0.15) is 17.2 Å². The first-order chi connectivity index (χ1) is 15.0. The van der Waals surface area contributed by atoms with E-state index in [-0.39, 0.29) is 17.3 Å². The number of benzene rings is 2. The molecule has 0 aliphatic carbocycles. The fourth-order valence-electron chi connectivity index (χ4n) is 2.92. The second-order valence-electron chi connectivity index (χ2n) is 6.95. The minimum Gasteiger partial charge on any atom is -0.316 e. The molecule has 0 bridgehead atoms. The van der Waals surface area contributed by atoms with Gasteiger partial charge >= 0.3 is 6.18 Å². The molecule has 170 valence electrons. The molecule has 1 aromatic heterocycles. The van der Waals surface area contributed by atoms with Gasteiger partial charge in [-0.3, -0.25) is 20.4 Å². The van der Waals surface area contributed by atoms with Crippen molar-refractivity contribution >= 4 is 34.6 Å². The molecule has 0 spiro atoms. The number of nitrogens with zero attached hydrogens (tertiary/aromatic N) is 2. The number of halogens is 5. The number of amides is 2. The van der Waals surface area contributed by atoms with Gasteiger partial charge in [-0.2, -0.15) is 13.2 Å². The lowest BCUT2D eigenvalue weighted by Crippen LogP contribution is -2.43. The third-order valence-corrected chi connectivity index (χ3v) is 5.29. The number of alkyl halides is 3. The first-order valence-corrected chi connectivity index (χ1v) is 10.2. The van der Waals surface area contributed by atoms with Crippen molar-refractivity contribution in [1.29, 1.82) is 0 Å². The van der Waals surface area contributed by atoms with Crippen LogP contribution in [0, 0.1) is 11.6 Å². The van der Waals surface area contributed by atoms with Gasteiger partial charge < -0.3 is 4.57 Å². The maximum atomic E-state index is 13.6. The number of imidazole rings is 1. The molecule has 0 saturated carbocycles. The number of hydrazine groups is 1. The fourth-order valence-corrected chi connectivity index (χ4v) is 3.87. The summed E-state index contributed by atoms with van der Waals surface area (Å²) in [4.78, 5) is 28.2. The van der Waals surface area contributed by atoms with E-state index in [1.54, 1.807) is 4.57 Å². The van der Waals surface area contributed by atoms with Crippen LogP contribution in [-0.2, 0) is 11.0 Å². The Balaban J connectivity index is 1.70. The summed E-state index contributed by atoms with van der Waals surface area (Å²) in [6.07, 6.45) is -4.51. The number of carbonyl (C=O) groups is 2. The van der Waals surface area contributed by atoms with Crippen molar-refractivity contribution < 1.29 is 31.5 Å². The summed E-state index contributed by atoms with van der Waals surface area (Å²) in [6, 6.07) is 5.94. The molecule has 0 fully saturated rings. The molecule has 3 rings (SSSR count). The van der Waals surface area contributed by atoms with E-state index in [9.17, 15) is 31.5 Å². The molecule has 3 aromatic rings. The molecule has 0 aliphatic heterocycles. The molecule has 6 nitrogen and oxygen atoms in total. The summed E-state index contributed by atoms with van der Waals surface area (Å²) in [6.45, 7) is 3.62. The van der Waals surface area contributed by atoms with E-state index in [4.69, 9.17) is 0 Å². The summed E-state index contributed by atoms with van der Waals surface area (Å²) in [5, 5.41) is 0.302. The first kappa shape index (κ1) is 23.5. The SMILES string of the molecule is CC(C)n1c(SCC(=O)NNC(=O)c2c(F)cccc2F)nc2cc(C(F)(F)F)ccc21. The zero-order valence-corrected chi connectivity index (χ0v) is 17.6. The average molecular weight is 472 g/mol. The van der Waals surface area contributed by atoms with Crippen LogP contribution in [0.3, 0.4) is 0 Å². The fraction of sp³-hybridized carbons (Fsp3) is 0.250. The smallest absolute Gasteiger partial charge is 0.316 e. The zero-order chi connectivity index (χ0) is 23.6. The van der Waals surface area contributed by atoms with E-state index in [0.717, 1.165) is 42.1 Å². The van der Waals surface area contributed by atoms with Crippen LogP contribution in [0.4, 0.5) is 22.0 Å². The largest absolute Gasteiger partial charge is 0.416 e. The normalized spacial score (nSPS) is 11.8. The van der Waals surface area contributed by atoms with Crippen LogP contribution in [0.1, 0.15) is 35.8 Å². The summed E-state index contributed by atoms with van der Waals surface area (Å²) in [5.41, 5.74) is 2.87. The number of aromatic nitrogens is 2. The monoisotopic (exact) mass is 472 g/mol. The van der Waals surface area contributed by atoms with Crippen LogP contribution in [-0.4, -0.2) is 27.1 Å². The molecule has 0 atom stereocenters. The third kappa shape index (κ3) is 5.01. The van der Waals surface area contributed by atoms with Gasteiger partial charge in [-0.1, -0.05) is 17.8 Å². The molecular formula is C20H17F5N4O2S. The van der Waals surface area contributed by atoms with Crippen LogP contribution >= 0.6 is 11.8 Å². The van der Waals surface area contributed by atoms with Gasteiger partial charge in [0.25, 0.3) is 5.91 Å². The Morgan fingerprint density at radius 1 is 1.09 bits per heavy atom. The summed E-state index contributed by atoms with van der Waals surface area (Å²) in [7, 11) is 0. The Morgan fingerprint density at radius 2 is 1.75 bits per heavy atom. The van der Waals surface area contributed by atoms with Crippen molar-refractivity contribution in [3.8, 4) is 0 Å². The van der Waals surface area contributed by atoms with Crippen molar-refractivity contribution in [3.63, 3.8) is 0 Å². The second kappa shape index (κ2) is 9.15. The molecule has 32 heavy (non-hydrogen) atoms. The van der Waals surface area contributed by atoms with E-state index in [2.05, 4.69) is 4.98 Å². The lowest BCUT2D eigenvalue weighted by atomic mass is 10.2.